The number of nitrogens with one attached hydrogen (secondary N) is 1. The fourth-order valence-corrected chi connectivity index (χ4v) is 6.92. The monoisotopic (exact) mass is 427 g/mol. The second-order valence-electron chi connectivity index (χ2n) is 10.1. The number of hydrogen-bond acceptors (Lipinski definition) is 2. The molecule has 1 N–H and O–H groups in total. The molecule has 6 rings (SSSR count). The number of halogens is 2. The van der Waals surface area contributed by atoms with E-state index in [4.69, 9.17) is 16.3 Å². The lowest BCUT2D eigenvalue weighted by Gasteiger charge is -2.59. The van der Waals surface area contributed by atoms with E-state index in [1.54, 1.807) is 6.07 Å². The summed E-state index contributed by atoms with van der Waals surface area (Å²) in [5, 5.41) is 4.25. The minimum Gasteiger partial charge on any atom is -0.489 e. The van der Waals surface area contributed by atoms with Gasteiger partial charge in [0.15, 0.2) is 0 Å². The van der Waals surface area contributed by atoms with Crippen molar-refractivity contribution in [2.24, 2.45) is 23.2 Å². The Labute approximate surface area is 184 Å². The second-order valence-corrected chi connectivity index (χ2v) is 10.5. The van der Waals surface area contributed by atoms with Gasteiger partial charge in [0.2, 0.25) is 0 Å². The maximum atomic E-state index is 13.2. The van der Waals surface area contributed by atoms with Gasteiger partial charge in [0.1, 0.15) is 18.2 Å². The quantitative estimate of drug-likeness (QED) is 0.527. The van der Waals surface area contributed by atoms with Crippen molar-refractivity contribution in [1.29, 1.82) is 0 Å². The van der Waals surface area contributed by atoms with E-state index in [0.29, 0.717) is 23.1 Å². The molecule has 2 aromatic carbocycles. The highest BCUT2D eigenvalue weighted by atomic mass is 35.5. The van der Waals surface area contributed by atoms with E-state index in [0.717, 1.165) is 35.6 Å². The van der Waals surface area contributed by atoms with Crippen molar-refractivity contribution in [3.05, 3.63) is 64.4 Å². The molecule has 0 amide bonds. The van der Waals surface area contributed by atoms with Crippen LogP contribution in [0.15, 0.2) is 42.5 Å². The van der Waals surface area contributed by atoms with Crippen molar-refractivity contribution >= 4 is 11.6 Å². The largest absolute Gasteiger partial charge is 0.489 e. The van der Waals surface area contributed by atoms with E-state index in [9.17, 15) is 4.39 Å². The molecule has 30 heavy (non-hydrogen) atoms. The summed E-state index contributed by atoms with van der Waals surface area (Å²) in [6.45, 7) is 3.64. The van der Waals surface area contributed by atoms with Crippen LogP contribution in [-0.2, 0) is 13.2 Å². The lowest BCUT2D eigenvalue weighted by molar-refractivity contribution is -0.0706. The Kier molecular flexibility index (Phi) is 5.53. The van der Waals surface area contributed by atoms with Gasteiger partial charge >= 0.3 is 0 Å². The summed E-state index contributed by atoms with van der Waals surface area (Å²) in [7, 11) is 0. The van der Waals surface area contributed by atoms with Gasteiger partial charge in [-0.15, -0.1) is 0 Å². The molecule has 4 heteroatoms. The molecule has 0 spiro atoms. The fourth-order valence-electron chi connectivity index (χ4n) is 6.70. The normalized spacial score (nSPS) is 30.4. The lowest BCUT2D eigenvalue weighted by Crippen LogP contribution is -2.54. The standard InChI is InChI=1S/C26H31ClFNO/c1-17(26-12-19-8-20(13-26)10-21(9-19)14-26)29-15-18-2-6-24(7-3-18)30-16-22-4-5-23(28)11-25(22)27/h2-7,11,17,19-21,29H,8-10,12-16H2,1H3. The summed E-state index contributed by atoms with van der Waals surface area (Å²) >= 11 is 6.08. The third kappa shape index (κ3) is 4.11. The molecule has 160 valence electrons. The van der Waals surface area contributed by atoms with E-state index < -0.39 is 0 Å². The zero-order valence-electron chi connectivity index (χ0n) is 17.7. The second kappa shape index (κ2) is 8.16. The number of benzene rings is 2. The number of hydrogen-bond donors (Lipinski definition) is 1. The highest BCUT2D eigenvalue weighted by Gasteiger charge is 2.52. The first-order valence-corrected chi connectivity index (χ1v) is 11.8. The topological polar surface area (TPSA) is 21.3 Å². The third-order valence-electron chi connectivity index (χ3n) is 7.95. The van der Waals surface area contributed by atoms with Crippen LogP contribution < -0.4 is 10.1 Å². The first-order valence-electron chi connectivity index (χ1n) is 11.4. The summed E-state index contributed by atoms with van der Waals surface area (Å²) < 4.78 is 19.0. The summed E-state index contributed by atoms with van der Waals surface area (Å²) in [6, 6.07) is 13.2. The maximum Gasteiger partial charge on any atom is 0.124 e. The average Bonchev–Trinajstić information content (AvgIpc) is 2.71. The van der Waals surface area contributed by atoms with Gasteiger partial charge in [-0.25, -0.2) is 4.39 Å². The van der Waals surface area contributed by atoms with Gasteiger partial charge in [0.25, 0.3) is 0 Å². The van der Waals surface area contributed by atoms with E-state index in [1.807, 2.05) is 12.1 Å². The van der Waals surface area contributed by atoms with Crippen LogP contribution in [0.5, 0.6) is 5.75 Å². The Balaban J connectivity index is 1.15. The Hall–Kier alpha value is -1.58. The summed E-state index contributed by atoms with van der Waals surface area (Å²) in [5.74, 6) is 3.45. The van der Waals surface area contributed by atoms with Gasteiger partial charge in [-0.3, -0.25) is 0 Å². The molecule has 2 nitrogen and oxygen atoms in total. The Bertz CT molecular complexity index is 861. The van der Waals surface area contributed by atoms with Gasteiger partial charge < -0.3 is 10.1 Å². The van der Waals surface area contributed by atoms with Crippen LogP contribution in [0.25, 0.3) is 0 Å². The minimum absolute atomic E-state index is 0.330. The average molecular weight is 428 g/mol. The molecule has 4 saturated carbocycles. The van der Waals surface area contributed by atoms with E-state index >= 15 is 0 Å². The molecule has 1 unspecified atom stereocenters. The van der Waals surface area contributed by atoms with Crippen LogP contribution in [-0.4, -0.2) is 6.04 Å². The Morgan fingerprint density at radius 3 is 2.27 bits per heavy atom. The molecule has 4 aliphatic rings. The van der Waals surface area contributed by atoms with Crippen molar-refractivity contribution in [3.63, 3.8) is 0 Å². The molecule has 0 heterocycles. The molecule has 0 saturated heterocycles. The van der Waals surface area contributed by atoms with Gasteiger partial charge in [-0.2, -0.15) is 0 Å². The Morgan fingerprint density at radius 2 is 1.67 bits per heavy atom. The number of rotatable bonds is 7. The summed E-state index contributed by atoms with van der Waals surface area (Å²) in [6.07, 6.45) is 8.80. The molecule has 4 aliphatic carbocycles. The van der Waals surface area contributed by atoms with Crippen molar-refractivity contribution < 1.29 is 9.13 Å². The predicted octanol–water partition coefficient (Wildman–Crippen LogP) is 6.75. The van der Waals surface area contributed by atoms with Crippen molar-refractivity contribution in [3.8, 4) is 5.75 Å². The molecule has 0 aliphatic heterocycles. The smallest absolute Gasteiger partial charge is 0.124 e. The van der Waals surface area contributed by atoms with Crippen molar-refractivity contribution in [1.82, 2.24) is 5.32 Å². The molecule has 1 atom stereocenters. The molecule has 2 aromatic rings. The van der Waals surface area contributed by atoms with Crippen molar-refractivity contribution in [2.45, 2.75) is 64.6 Å². The highest BCUT2D eigenvalue weighted by Crippen LogP contribution is 2.61. The van der Waals surface area contributed by atoms with Crippen LogP contribution in [0.3, 0.4) is 0 Å². The molecular formula is C26H31ClFNO. The summed E-state index contributed by atoms with van der Waals surface area (Å²) in [5.41, 5.74) is 2.60. The molecule has 4 bridgehead atoms. The van der Waals surface area contributed by atoms with Gasteiger partial charge in [0, 0.05) is 18.2 Å². The first kappa shape index (κ1) is 20.3. The lowest BCUT2D eigenvalue weighted by atomic mass is 9.48. The molecule has 0 radical (unpaired) electrons. The zero-order chi connectivity index (χ0) is 20.7. The predicted molar refractivity (Wildman–Crippen MR) is 119 cm³/mol. The van der Waals surface area contributed by atoms with Gasteiger partial charge in [-0.05, 0) is 98.4 Å². The van der Waals surface area contributed by atoms with Crippen LogP contribution in [0.1, 0.15) is 56.6 Å². The van der Waals surface area contributed by atoms with E-state index in [-0.39, 0.29) is 5.82 Å². The van der Waals surface area contributed by atoms with Crippen LogP contribution in [0, 0.1) is 29.0 Å². The highest BCUT2D eigenvalue weighted by molar-refractivity contribution is 6.31. The van der Waals surface area contributed by atoms with Crippen LogP contribution >= 0.6 is 11.6 Å². The molecule has 0 aromatic heterocycles. The minimum atomic E-state index is -0.330. The van der Waals surface area contributed by atoms with Gasteiger partial charge in [0.05, 0.1) is 5.02 Å². The van der Waals surface area contributed by atoms with Crippen molar-refractivity contribution in [2.75, 3.05) is 0 Å². The van der Waals surface area contributed by atoms with E-state index in [2.05, 4.69) is 24.4 Å². The summed E-state index contributed by atoms with van der Waals surface area (Å²) in [4.78, 5) is 0. The first-order chi connectivity index (χ1) is 14.5. The number of ether oxygens (including phenoxy) is 1. The molecular weight excluding hydrogens is 397 g/mol. The SMILES string of the molecule is CC(NCc1ccc(OCc2ccc(F)cc2Cl)cc1)C12CC3CC(CC(C3)C1)C2. The molecule has 4 fully saturated rings. The van der Waals surface area contributed by atoms with Crippen LogP contribution in [0.2, 0.25) is 5.02 Å². The maximum absolute atomic E-state index is 13.2. The Morgan fingerprint density at radius 1 is 1.03 bits per heavy atom. The van der Waals surface area contributed by atoms with Crippen LogP contribution in [0.4, 0.5) is 4.39 Å². The third-order valence-corrected chi connectivity index (χ3v) is 8.30. The van der Waals surface area contributed by atoms with Gasteiger partial charge in [-0.1, -0.05) is 29.8 Å². The zero-order valence-corrected chi connectivity index (χ0v) is 18.4. The van der Waals surface area contributed by atoms with E-state index in [1.165, 1.54) is 56.2 Å². The fraction of sp³-hybridized carbons (Fsp3) is 0.538.